The van der Waals surface area contributed by atoms with Gasteiger partial charge in [-0.1, -0.05) is 18.7 Å². The zero-order chi connectivity index (χ0) is 20.6. The summed E-state index contributed by atoms with van der Waals surface area (Å²) in [5.74, 6) is -0.0529. The van der Waals surface area contributed by atoms with Crippen LogP contribution in [0.25, 0.3) is 27.6 Å². The fraction of sp³-hybridized carbons (Fsp3) is 0.143. The van der Waals surface area contributed by atoms with Gasteiger partial charge in [-0.2, -0.15) is 18.4 Å². The summed E-state index contributed by atoms with van der Waals surface area (Å²) in [6.45, 7) is 4.39. The number of nitrogens with zero attached hydrogens (tertiary/aromatic N) is 2. The van der Waals surface area contributed by atoms with Gasteiger partial charge in [-0.3, -0.25) is 9.36 Å². The summed E-state index contributed by atoms with van der Waals surface area (Å²) in [6.07, 6.45) is -4.74. The van der Waals surface area contributed by atoms with Crippen LogP contribution in [0.5, 0.6) is 5.75 Å². The molecule has 2 aromatic carbocycles. The smallest absolute Gasteiger partial charge is 0.417 e. The number of halogens is 3. The van der Waals surface area contributed by atoms with Gasteiger partial charge in [0.2, 0.25) is 5.91 Å². The number of aromatic nitrogens is 1. The predicted molar refractivity (Wildman–Crippen MR) is 100 cm³/mol. The lowest BCUT2D eigenvalue weighted by Crippen LogP contribution is -2.17. The number of nitriles is 1. The normalized spacial score (nSPS) is 11.3. The van der Waals surface area contributed by atoms with Crippen molar-refractivity contribution in [1.82, 2.24) is 4.57 Å². The minimum atomic E-state index is -4.74. The molecule has 0 unspecified atom stereocenters. The Bertz CT molecular complexity index is 1130. The molecule has 0 radical (unpaired) electrons. The Morgan fingerprint density at radius 3 is 2.32 bits per heavy atom. The molecular weight excluding hydrogens is 369 g/mol. The summed E-state index contributed by atoms with van der Waals surface area (Å²) in [4.78, 5) is 12.3. The highest BCUT2D eigenvalue weighted by molar-refractivity contribution is 6.08. The Morgan fingerprint density at radius 2 is 1.82 bits per heavy atom. The van der Waals surface area contributed by atoms with E-state index in [4.69, 9.17) is 4.74 Å². The van der Waals surface area contributed by atoms with Crippen molar-refractivity contribution >= 4 is 22.4 Å². The van der Waals surface area contributed by atoms with E-state index in [2.05, 4.69) is 6.58 Å². The predicted octanol–water partition coefficient (Wildman–Crippen LogP) is 5.42. The molecule has 0 atom stereocenters. The summed E-state index contributed by atoms with van der Waals surface area (Å²) < 4.78 is 46.8. The molecule has 7 heteroatoms. The molecule has 3 aromatic rings. The summed E-state index contributed by atoms with van der Waals surface area (Å²) in [5.41, 5.74) is -0.295. The Kier molecular flexibility index (Phi) is 4.73. The second kappa shape index (κ2) is 6.89. The van der Waals surface area contributed by atoms with E-state index in [9.17, 15) is 23.2 Å². The molecule has 28 heavy (non-hydrogen) atoms. The molecule has 0 bridgehead atoms. The third-order valence-electron chi connectivity index (χ3n) is 4.42. The van der Waals surface area contributed by atoms with Crippen molar-refractivity contribution in [2.45, 2.75) is 13.1 Å². The number of allylic oxidation sites excluding steroid dienone is 1. The van der Waals surface area contributed by atoms with Crippen LogP contribution in [0, 0.1) is 11.3 Å². The second-order valence-corrected chi connectivity index (χ2v) is 6.13. The summed E-state index contributed by atoms with van der Waals surface area (Å²) in [5, 5.41) is 9.57. The van der Waals surface area contributed by atoms with E-state index in [1.807, 2.05) is 6.07 Å². The summed E-state index contributed by atoms with van der Waals surface area (Å²) in [6, 6.07) is 12.8. The zero-order valence-corrected chi connectivity index (χ0v) is 15.1. The zero-order valence-electron chi connectivity index (χ0n) is 15.1. The van der Waals surface area contributed by atoms with Crippen LogP contribution < -0.4 is 4.74 Å². The number of carbonyl (C=O) groups excluding carboxylic acids is 1. The van der Waals surface area contributed by atoms with Crippen LogP contribution in [0.1, 0.15) is 23.0 Å². The molecule has 0 saturated heterocycles. The van der Waals surface area contributed by atoms with Crippen LogP contribution in [0.2, 0.25) is 0 Å². The van der Waals surface area contributed by atoms with Gasteiger partial charge in [0.25, 0.3) is 0 Å². The first-order valence-electron chi connectivity index (χ1n) is 8.19. The molecule has 4 nitrogen and oxygen atoms in total. The largest absolute Gasteiger partial charge is 0.497 e. The van der Waals surface area contributed by atoms with Gasteiger partial charge in [0.15, 0.2) is 0 Å². The third kappa shape index (κ3) is 3.14. The van der Waals surface area contributed by atoms with Crippen LogP contribution in [0.15, 0.2) is 49.0 Å². The SMILES string of the molecule is C=C(c1c(-c2ccc(OC)cc2)c2cc(C#N)ccc2n1C(C)=O)C(F)(F)F. The average molecular weight is 384 g/mol. The van der Waals surface area contributed by atoms with Crippen LogP contribution in [-0.2, 0) is 0 Å². The van der Waals surface area contributed by atoms with E-state index < -0.39 is 17.7 Å². The number of hydrogen-bond donors (Lipinski definition) is 0. The highest BCUT2D eigenvalue weighted by Gasteiger charge is 2.38. The van der Waals surface area contributed by atoms with E-state index in [1.54, 1.807) is 24.3 Å². The number of rotatable bonds is 3. The number of methoxy groups -OCH3 is 1. The Labute approximate surface area is 159 Å². The fourth-order valence-electron chi connectivity index (χ4n) is 3.16. The van der Waals surface area contributed by atoms with Crippen molar-refractivity contribution < 1.29 is 22.7 Å². The van der Waals surface area contributed by atoms with Gasteiger partial charge < -0.3 is 4.74 Å². The highest BCUT2D eigenvalue weighted by Crippen LogP contribution is 2.43. The minimum absolute atomic E-state index is 0.187. The maximum Gasteiger partial charge on any atom is 0.417 e. The first-order chi connectivity index (χ1) is 13.2. The average Bonchev–Trinajstić information content (AvgIpc) is 3.00. The summed E-state index contributed by atoms with van der Waals surface area (Å²) >= 11 is 0. The first-order valence-corrected chi connectivity index (χ1v) is 8.19. The summed E-state index contributed by atoms with van der Waals surface area (Å²) in [7, 11) is 1.48. The number of ether oxygens (including phenoxy) is 1. The molecule has 1 heterocycles. The Balaban J connectivity index is 2.49. The Morgan fingerprint density at radius 1 is 1.18 bits per heavy atom. The molecule has 0 amide bonds. The van der Waals surface area contributed by atoms with E-state index in [1.165, 1.54) is 32.2 Å². The highest BCUT2D eigenvalue weighted by atomic mass is 19.4. The van der Waals surface area contributed by atoms with Gasteiger partial charge in [-0.05, 0) is 35.9 Å². The van der Waals surface area contributed by atoms with Crippen molar-refractivity contribution in [2.24, 2.45) is 0 Å². The molecule has 0 aliphatic rings. The second-order valence-electron chi connectivity index (χ2n) is 6.13. The van der Waals surface area contributed by atoms with E-state index in [0.717, 1.165) is 4.57 Å². The lowest BCUT2D eigenvalue weighted by molar-refractivity contribution is -0.0689. The third-order valence-corrected chi connectivity index (χ3v) is 4.42. The van der Waals surface area contributed by atoms with E-state index in [0.29, 0.717) is 16.7 Å². The molecule has 0 aliphatic heterocycles. The van der Waals surface area contributed by atoms with Gasteiger partial charge >= 0.3 is 6.18 Å². The van der Waals surface area contributed by atoms with Crippen LogP contribution in [0.3, 0.4) is 0 Å². The van der Waals surface area contributed by atoms with Gasteiger partial charge in [-0.25, -0.2) is 0 Å². The van der Waals surface area contributed by atoms with Crippen LogP contribution in [0.4, 0.5) is 13.2 Å². The monoisotopic (exact) mass is 384 g/mol. The van der Waals surface area contributed by atoms with Gasteiger partial charge in [-0.15, -0.1) is 0 Å². The number of alkyl halides is 3. The molecule has 3 rings (SSSR count). The number of benzene rings is 2. The fourth-order valence-corrected chi connectivity index (χ4v) is 3.16. The molecule has 0 saturated carbocycles. The van der Waals surface area contributed by atoms with E-state index in [-0.39, 0.29) is 22.3 Å². The Hall–Kier alpha value is -3.53. The maximum atomic E-state index is 13.6. The molecule has 0 fully saturated rings. The minimum Gasteiger partial charge on any atom is -0.497 e. The lowest BCUT2D eigenvalue weighted by Gasteiger charge is -2.15. The van der Waals surface area contributed by atoms with Crippen LogP contribution in [-0.4, -0.2) is 23.8 Å². The van der Waals surface area contributed by atoms with Gasteiger partial charge in [0, 0.05) is 17.9 Å². The van der Waals surface area contributed by atoms with Gasteiger partial charge in [0.05, 0.1) is 35.5 Å². The first kappa shape index (κ1) is 19.2. The number of carbonyl (C=O) groups is 1. The maximum absolute atomic E-state index is 13.6. The van der Waals surface area contributed by atoms with Crippen LogP contribution >= 0.6 is 0 Å². The van der Waals surface area contributed by atoms with Crippen molar-refractivity contribution in [3.63, 3.8) is 0 Å². The molecule has 0 N–H and O–H groups in total. The molecule has 0 spiro atoms. The standard InChI is InChI=1S/C21H15F3N2O2/c1-12(21(22,23)24)20-19(15-5-7-16(28-3)8-6-15)17-10-14(11-25)4-9-18(17)26(20)13(2)27/h4-10H,1H2,2-3H3. The van der Waals surface area contributed by atoms with Crippen molar-refractivity contribution in [3.8, 4) is 22.9 Å². The number of hydrogen-bond acceptors (Lipinski definition) is 3. The van der Waals surface area contributed by atoms with Gasteiger partial charge in [0.1, 0.15) is 5.75 Å². The van der Waals surface area contributed by atoms with Crippen molar-refractivity contribution in [3.05, 3.63) is 60.3 Å². The number of fused-ring (bicyclic) bond motifs is 1. The topological polar surface area (TPSA) is 55.0 Å². The van der Waals surface area contributed by atoms with E-state index >= 15 is 0 Å². The quantitative estimate of drug-likeness (QED) is 0.606. The lowest BCUT2D eigenvalue weighted by atomic mass is 9.97. The molecule has 1 aromatic heterocycles. The molecule has 0 aliphatic carbocycles. The van der Waals surface area contributed by atoms with Crippen molar-refractivity contribution in [1.29, 1.82) is 5.26 Å². The molecule has 142 valence electrons. The van der Waals surface area contributed by atoms with Crippen molar-refractivity contribution in [2.75, 3.05) is 7.11 Å². The molecular formula is C21H15F3N2O2.